The highest BCUT2D eigenvalue weighted by molar-refractivity contribution is 7.80. The molecule has 0 spiro atoms. The van der Waals surface area contributed by atoms with Crippen molar-refractivity contribution in [3.8, 4) is 0 Å². The summed E-state index contributed by atoms with van der Waals surface area (Å²) in [5.41, 5.74) is 0. The maximum atomic E-state index is 10.7. The van der Waals surface area contributed by atoms with Crippen LogP contribution in [0.25, 0.3) is 0 Å². The largest absolute Gasteiger partial charge is 0.466 e. The third-order valence-electron chi connectivity index (χ3n) is 0.889. The molecule has 0 bridgehead atoms. The lowest BCUT2D eigenvalue weighted by Crippen LogP contribution is -2.20. The molecule has 0 atom stereocenters. The monoisotopic (exact) mass is 161 g/mol. The Bertz CT molecular complexity index is 136. The molecule has 0 saturated heterocycles. The molecule has 1 N–H and O–H groups in total. The first-order valence-corrected chi connectivity index (χ1v) is 3.47. The van der Waals surface area contributed by atoms with Crippen LogP contribution in [0.1, 0.15) is 13.3 Å². The van der Waals surface area contributed by atoms with E-state index in [0.717, 1.165) is 0 Å². The van der Waals surface area contributed by atoms with Gasteiger partial charge in [0, 0.05) is 7.05 Å². The first-order valence-electron chi connectivity index (χ1n) is 3.07. The van der Waals surface area contributed by atoms with E-state index >= 15 is 0 Å². The summed E-state index contributed by atoms with van der Waals surface area (Å²) < 4.78 is 4.65. The summed E-state index contributed by atoms with van der Waals surface area (Å²) in [6, 6.07) is 0. The summed E-state index contributed by atoms with van der Waals surface area (Å²) >= 11 is 4.73. The SMILES string of the molecule is CCOC(=O)CC(=S)NC. The minimum Gasteiger partial charge on any atom is -0.466 e. The molecule has 10 heavy (non-hydrogen) atoms. The Morgan fingerprint density at radius 1 is 1.70 bits per heavy atom. The number of hydrogen-bond donors (Lipinski definition) is 1. The summed E-state index contributed by atoms with van der Waals surface area (Å²) in [6.07, 6.45) is 0.180. The zero-order chi connectivity index (χ0) is 7.98. The number of esters is 1. The van der Waals surface area contributed by atoms with Gasteiger partial charge in [0.25, 0.3) is 0 Å². The Labute approximate surface area is 65.7 Å². The Morgan fingerprint density at radius 3 is 2.70 bits per heavy atom. The lowest BCUT2D eigenvalue weighted by Gasteiger charge is -2.01. The molecule has 0 aliphatic carbocycles. The van der Waals surface area contributed by atoms with Crippen molar-refractivity contribution in [2.45, 2.75) is 13.3 Å². The highest BCUT2D eigenvalue weighted by atomic mass is 32.1. The van der Waals surface area contributed by atoms with Gasteiger partial charge in [-0.15, -0.1) is 0 Å². The summed E-state index contributed by atoms with van der Waals surface area (Å²) in [7, 11) is 1.68. The third-order valence-corrected chi connectivity index (χ3v) is 1.24. The van der Waals surface area contributed by atoms with Crippen LogP contribution in [0.5, 0.6) is 0 Å². The molecule has 0 heterocycles. The van der Waals surface area contributed by atoms with Gasteiger partial charge in [0.05, 0.1) is 18.0 Å². The molecule has 0 amide bonds. The average Bonchev–Trinajstić information content (AvgIpc) is 1.88. The maximum Gasteiger partial charge on any atom is 0.312 e. The van der Waals surface area contributed by atoms with Crippen molar-refractivity contribution in [3.05, 3.63) is 0 Å². The zero-order valence-corrected chi connectivity index (χ0v) is 6.96. The van der Waals surface area contributed by atoms with Gasteiger partial charge in [0.15, 0.2) is 0 Å². The molecule has 0 rings (SSSR count). The summed E-state index contributed by atoms with van der Waals surface area (Å²) in [6.45, 7) is 2.17. The van der Waals surface area contributed by atoms with E-state index in [-0.39, 0.29) is 12.4 Å². The Kier molecular flexibility index (Phi) is 4.84. The van der Waals surface area contributed by atoms with Crippen LogP contribution < -0.4 is 5.32 Å². The second-order valence-electron chi connectivity index (χ2n) is 1.65. The lowest BCUT2D eigenvalue weighted by molar-refractivity contribution is -0.141. The van der Waals surface area contributed by atoms with Gasteiger partial charge < -0.3 is 10.1 Å². The van der Waals surface area contributed by atoms with E-state index in [9.17, 15) is 4.79 Å². The van der Waals surface area contributed by atoms with Crippen LogP contribution in [0, 0.1) is 0 Å². The molecule has 0 aliphatic heterocycles. The normalized spacial score (nSPS) is 8.60. The predicted molar refractivity (Wildman–Crippen MR) is 42.9 cm³/mol. The minimum absolute atomic E-state index is 0.180. The molecule has 0 fully saturated rings. The second-order valence-corrected chi connectivity index (χ2v) is 2.15. The predicted octanol–water partition coefficient (Wildman–Crippen LogP) is 0.486. The Morgan fingerprint density at radius 2 is 2.30 bits per heavy atom. The quantitative estimate of drug-likeness (QED) is 0.483. The van der Waals surface area contributed by atoms with Crippen LogP contribution in [-0.2, 0) is 9.53 Å². The van der Waals surface area contributed by atoms with E-state index in [0.29, 0.717) is 11.6 Å². The van der Waals surface area contributed by atoms with E-state index in [1.54, 1.807) is 14.0 Å². The molecule has 4 heteroatoms. The molecule has 0 aromatic carbocycles. The van der Waals surface area contributed by atoms with Crippen molar-refractivity contribution in [2.75, 3.05) is 13.7 Å². The number of rotatable bonds is 3. The molecule has 58 valence electrons. The molecule has 0 saturated carbocycles. The zero-order valence-electron chi connectivity index (χ0n) is 6.14. The van der Waals surface area contributed by atoms with Crippen LogP contribution in [0.2, 0.25) is 0 Å². The van der Waals surface area contributed by atoms with Crippen LogP contribution in [0.4, 0.5) is 0 Å². The fourth-order valence-corrected chi connectivity index (χ4v) is 0.549. The molecule has 0 radical (unpaired) electrons. The molecular formula is C6H11NO2S. The van der Waals surface area contributed by atoms with Crippen LogP contribution in [0.3, 0.4) is 0 Å². The van der Waals surface area contributed by atoms with Gasteiger partial charge in [-0.3, -0.25) is 4.79 Å². The number of ether oxygens (including phenoxy) is 1. The minimum atomic E-state index is -0.276. The van der Waals surface area contributed by atoms with Gasteiger partial charge in [-0.1, -0.05) is 12.2 Å². The fourth-order valence-electron chi connectivity index (χ4n) is 0.432. The standard InChI is InChI=1S/C6H11NO2S/c1-3-9-6(8)4-5(10)7-2/h3-4H2,1-2H3,(H,7,10). The molecule has 0 aromatic rings. The van der Waals surface area contributed by atoms with Gasteiger partial charge in [0.2, 0.25) is 0 Å². The van der Waals surface area contributed by atoms with Crippen molar-refractivity contribution >= 4 is 23.2 Å². The maximum absolute atomic E-state index is 10.7. The number of thiocarbonyl (C=S) groups is 1. The smallest absolute Gasteiger partial charge is 0.312 e. The number of carbonyl (C=O) groups excluding carboxylic acids is 1. The highest BCUT2D eigenvalue weighted by Gasteiger charge is 2.03. The topological polar surface area (TPSA) is 38.3 Å². The van der Waals surface area contributed by atoms with Crippen molar-refractivity contribution in [1.82, 2.24) is 5.32 Å². The first kappa shape index (κ1) is 9.36. The van der Waals surface area contributed by atoms with Crippen molar-refractivity contribution in [1.29, 1.82) is 0 Å². The van der Waals surface area contributed by atoms with Crippen LogP contribution in [-0.4, -0.2) is 24.6 Å². The molecule has 3 nitrogen and oxygen atoms in total. The van der Waals surface area contributed by atoms with E-state index in [1.807, 2.05) is 0 Å². The van der Waals surface area contributed by atoms with Crippen molar-refractivity contribution in [3.63, 3.8) is 0 Å². The van der Waals surface area contributed by atoms with Gasteiger partial charge in [-0.2, -0.15) is 0 Å². The van der Waals surface area contributed by atoms with Crippen LogP contribution >= 0.6 is 12.2 Å². The number of hydrogen-bond acceptors (Lipinski definition) is 3. The number of carbonyl (C=O) groups is 1. The van der Waals surface area contributed by atoms with Gasteiger partial charge in [-0.05, 0) is 6.92 Å². The summed E-state index contributed by atoms with van der Waals surface area (Å²) in [5.74, 6) is -0.276. The third kappa shape index (κ3) is 4.26. The highest BCUT2D eigenvalue weighted by Crippen LogP contribution is 1.87. The van der Waals surface area contributed by atoms with E-state index in [4.69, 9.17) is 12.2 Å². The first-order chi connectivity index (χ1) is 4.70. The van der Waals surface area contributed by atoms with Gasteiger partial charge in [0.1, 0.15) is 0 Å². The van der Waals surface area contributed by atoms with E-state index in [2.05, 4.69) is 10.1 Å². The van der Waals surface area contributed by atoms with E-state index in [1.165, 1.54) is 0 Å². The fraction of sp³-hybridized carbons (Fsp3) is 0.667. The average molecular weight is 161 g/mol. The van der Waals surface area contributed by atoms with Gasteiger partial charge >= 0.3 is 5.97 Å². The number of nitrogens with one attached hydrogen (secondary N) is 1. The Balaban J connectivity index is 3.47. The van der Waals surface area contributed by atoms with Gasteiger partial charge in [-0.25, -0.2) is 0 Å². The van der Waals surface area contributed by atoms with Crippen LogP contribution in [0.15, 0.2) is 0 Å². The molecule has 0 aromatic heterocycles. The van der Waals surface area contributed by atoms with Crippen molar-refractivity contribution < 1.29 is 9.53 Å². The molecule has 0 unspecified atom stereocenters. The van der Waals surface area contributed by atoms with E-state index < -0.39 is 0 Å². The summed E-state index contributed by atoms with van der Waals surface area (Å²) in [5, 5.41) is 2.68. The van der Waals surface area contributed by atoms with Crippen molar-refractivity contribution in [2.24, 2.45) is 0 Å². The lowest BCUT2D eigenvalue weighted by atomic mass is 10.4. The molecule has 0 aliphatic rings. The molecular weight excluding hydrogens is 150 g/mol. The second kappa shape index (κ2) is 5.17. The summed E-state index contributed by atoms with van der Waals surface area (Å²) in [4.78, 5) is 11.2. The Hall–Kier alpha value is -0.640.